The van der Waals surface area contributed by atoms with E-state index in [0.29, 0.717) is 17.0 Å². The number of carbonyl (C=O) groups excluding carboxylic acids is 4. The first-order chi connectivity index (χ1) is 11.8. The number of esters is 1. The monoisotopic (exact) mass is 347 g/mol. The lowest BCUT2D eigenvalue weighted by Crippen LogP contribution is -2.47. The van der Waals surface area contributed by atoms with Crippen LogP contribution in [0, 0.1) is 0 Å². The van der Waals surface area contributed by atoms with Crippen LogP contribution >= 0.6 is 0 Å². The molecule has 0 N–H and O–H groups in total. The Morgan fingerprint density at radius 1 is 1.28 bits per heavy atom. The Balaban J connectivity index is 2.24. The largest absolute Gasteiger partial charge is 0.482 e. The van der Waals surface area contributed by atoms with Crippen molar-refractivity contribution in [3.8, 4) is 5.75 Å². The molecule has 0 saturated carbocycles. The summed E-state index contributed by atoms with van der Waals surface area (Å²) in [5.74, 6) is -0.746. The number of fused-ring (bicyclic) bond motifs is 1. The molecule has 1 aliphatic rings. The molecule has 0 spiro atoms. The van der Waals surface area contributed by atoms with Crippen LogP contribution < -0.4 is 9.64 Å². The fraction of sp³-hybridized carbons (Fsp3) is 0.444. The van der Waals surface area contributed by atoms with E-state index < -0.39 is 12.0 Å². The molecule has 1 amide bonds. The van der Waals surface area contributed by atoms with E-state index >= 15 is 0 Å². The molecule has 0 fully saturated rings. The Hall–Kier alpha value is -2.70. The highest BCUT2D eigenvalue weighted by Gasteiger charge is 2.32. The quantitative estimate of drug-likeness (QED) is 0.553. The van der Waals surface area contributed by atoms with Crippen LogP contribution in [0.1, 0.15) is 44.0 Å². The number of anilines is 1. The van der Waals surface area contributed by atoms with E-state index in [9.17, 15) is 19.2 Å². The lowest BCUT2D eigenvalue weighted by molar-refractivity contribution is -0.143. The van der Waals surface area contributed by atoms with Crippen molar-refractivity contribution in [1.29, 1.82) is 0 Å². The van der Waals surface area contributed by atoms with Gasteiger partial charge in [-0.25, -0.2) is 0 Å². The zero-order chi connectivity index (χ0) is 18.6. The summed E-state index contributed by atoms with van der Waals surface area (Å²) < 4.78 is 10.2. The normalized spacial score (nSPS) is 14.4. The van der Waals surface area contributed by atoms with Crippen molar-refractivity contribution in [2.45, 2.75) is 39.7 Å². The minimum absolute atomic E-state index is 0.00719. The van der Waals surface area contributed by atoms with Gasteiger partial charge in [-0.05, 0) is 39.0 Å². The van der Waals surface area contributed by atoms with Crippen molar-refractivity contribution in [2.75, 3.05) is 18.1 Å². The second kappa shape index (κ2) is 7.92. The predicted molar refractivity (Wildman–Crippen MR) is 89.8 cm³/mol. The molecule has 1 atom stereocenters. The van der Waals surface area contributed by atoms with E-state index in [0.717, 1.165) is 0 Å². The third kappa shape index (κ3) is 4.23. The number of Topliss-reactive ketones (excluding diaryl/α,β-unsaturated/α-hetero) is 2. The van der Waals surface area contributed by atoms with Crippen LogP contribution in [0.3, 0.4) is 0 Å². The Labute approximate surface area is 145 Å². The van der Waals surface area contributed by atoms with E-state index in [2.05, 4.69) is 0 Å². The number of ether oxygens (including phenoxy) is 2. The predicted octanol–water partition coefficient (Wildman–Crippen LogP) is 1.92. The summed E-state index contributed by atoms with van der Waals surface area (Å²) in [5, 5.41) is 0. The van der Waals surface area contributed by atoms with Crippen LogP contribution in [0.4, 0.5) is 5.69 Å². The first kappa shape index (κ1) is 18.6. The first-order valence-electron chi connectivity index (χ1n) is 8.13. The maximum absolute atomic E-state index is 12.3. The number of hydrogen-bond acceptors (Lipinski definition) is 6. The highest BCUT2D eigenvalue weighted by molar-refractivity contribution is 6.05. The molecule has 0 bridgehead atoms. The van der Waals surface area contributed by atoms with Crippen molar-refractivity contribution >= 4 is 29.1 Å². The molecule has 1 unspecified atom stereocenters. The number of carbonyl (C=O) groups is 4. The molecular formula is C18H21NO6. The fourth-order valence-electron chi connectivity index (χ4n) is 2.54. The van der Waals surface area contributed by atoms with E-state index in [1.54, 1.807) is 26.0 Å². The minimum atomic E-state index is -0.653. The van der Waals surface area contributed by atoms with E-state index in [-0.39, 0.29) is 43.5 Å². The average Bonchev–Trinajstić information content (AvgIpc) is 2.58. The van der Waals surface area contributed by atoms with Gasteiger partial charge in [-0.3, -0.25) is 24.1 Å². The molecule has 1 aliphatic heterocycles. The van der Waals surface area contributed by atoms with Crippen LogP contribution in [0.5, 0.6) is 5.75 Å². The van der Waals surface area contributed by atoms with Gasteiger partial charge in [-0.15, -0.1) is 0 Å². The number of rotatable bonds is 7. The molecule has 0 saturated heterocycles. The van der Waals surface area contributed by atoms with Crippen LogP contribution in [0.2, 0.25) is 0 Å². The van der Waals surface area contributed by atoms with E-state index in [1.165, 1.54) is 17.9 Å². The van der Waals surface area contributed by atoms with Crippen molar-refractivity contribution in [3.05, 3.63) is 23.8 Å². The van der Waals surface area contributed by atoms with Crippen molar-refractivity contribution in [1.82, 2.24) is 0 Å². The van der Waals surface area contributed by atoms with Crippen molar-refractivity contribution < 1.29 is 28.7 Å². The zero-order valence-corrected chi connectivity index (χ0v) is 14.5. The highest BCUT2D eigenvalue weighted by Crippen LogP contribution is 2.34. The molecular weight excluding hydrogens is 326 g/mol. The molecule has 1 aromatic carbocycles. The molecule has 0 radical (unpaired) electrons. The SMILES string of the molecule is CCOC(=O)CCC(=O)c1ccc2c(c1)N(C(C)C(C)=O)C(=O)CO2. The number of ketones is 2. The summed E-state index contributed by atoms with van der Waals surface area (Å²) in [6.45, 7) is 4.85. The summed E-state index contributed by atoms with van der Waals surface area (Å²) >= 11 is 0. The van der Waals surface area contributed by atoms with Gasteiger partial charge in [0.1, 0.15) is 5.75 Å². The maximum atomic E-state index is 12.3. The summed E-state index contributed by atoms with van der Waals surface area (Å²) in [5.41, 5.74) is 0.739. The van der Waals surface area contributed by atoms with Gasteiger partial charge in [-0.1, -0.05) is 0 Å². The lowest BCUT2D eigenvalue weighted by atomic mass is 10.0. The minimum Gasteiger partial charge on any atom is -0.482 e. The van der Waals surface area contributed by atoms with Gasteiger partial charge >= 0.3 is 5.97 Å². The van der Waals surface area contributed by atoms with E-state index in [1.807, 2.05) is 0 Å². The van der Waals surface area contributed by atoms with Gasteiger partial charge in [0.2, 0.25) is 0 Å². The Morgan fingerprint density at radius 3 is 2.64 bits per heavy atom. The van der Waals surface area contributed by atoms with E-state index in [4.69, 9.17) is 9.47 Å². The highest BCUT2D eigenvalue weighted by atomic mass is 16.5. The third-order valence-corrected chi connectivity index (χ3v) is 4.00. The van der Waals surface area contributed by atoms with Gasteiger partial charge in [0, 0.05) is 12.0 Å². The lowest BCUT2D eigenvalue weighted by Gasteiger charge is -2.33. The summed E-state index contributed by atoms with van der Waals surface area (Å²) in [6, 6.07) is 4.05. The second-order valence-electron chi connectivity index (χ2n) is 5.75. The standard InChI is InChI=1S/C18H21NO6/c1-4-24-18(23)8-6-15(21)13-5-7-16-14(9-13)19(11(2)12(3)20)17(22)10-25-16/h5,7,9,11H,4,6,8,10H2,1-3H3. The first-order valence-corrected chi connectivity index (χ1v) is 8.13. The fourth-order valence-corrected chi connectivity index (χ4v) is 2.54. The Bertz CT molecular complexity index is 712. The van der Waals surface area contributed by atoms with Gasteiger partial charge in [0.15, 0.2) is 18.2 Å². The van der Waals surface area contributed by atoms with Crippen molar-refractivity contribution in [3.63, 3.8) is 0 Å². The van der Waals surface area contributed by atoms with Crippen LogP contribution in [-0.4, -0.2) is 42.7 Å². The average molecular weight is 347 g/mol. The molecule has 1 aromatic rings. The van der Waals surface area contributed by atoms with Crippen LogP contribution in [0.15, 0.2) is 18.2 Å². The number of amides is 1. The maximum Gasteiger partial charge on any atom is 0.306 e. The van der Waals surface area contributed by atoms with Gasteiger partial charge in [-0.2, -0.15) is 0 Å². The number of nitrogens with zero attached hydrogens (tertiary/aromatic N) is 1. The molecule has 7 nitrogen and oxygen atoms in total. The van der Waals surface area contributed by atoms with Gasteiger partial charge in [0.25, 0.3) is 5.91 Å². The molecule has 2 rings (SSSR count). The summed E-state index contributed by atoms with van der Waals surface area (Å²) in [7, 11) is 0. The molecule has 7 heteroatoms. The third-order valence-electron chi connectivity index (χ3n) is 4.00. The van der Waals surface area contributed by atoms with Gasteiger partial charge in [0.05, 0.1) is 24.8 Å². The molecule has 134 valence electrons. The number of benzene rings is 1. The molecule has 0 aromatic heterocycles. The summed E-state index contributed by atoms with van der Waals surface area (Å²) in [4.78, 5) is 48.9. The second-order valence-corrected chi connectivity index (χ2v) is 5.75. The number of hydrogen-bond donors (Lipinski definition) is 0. The van der Waals surface area contributed by atoms with Crippen LogP contribution in [-0.2, 0) is 19.1 Å². The van der Waals surface area contributed by atoms with Gasteiger partial charge < -0.3 is 9.47 Å². The smallest absolute Gasteiger partial charge is 0.306 e. The Morgan fingerprint density at radius 2 is 2.00 bits per heavy atom. The molecule has 0 aliphatic carbocycles. The Kier molecular flexibility index (Phi) is 5.90. The topological polar surface area (TPSA) is 90.0 Å². The molecule has 25 heavy (non-hydrogen) atoms. The molecule has 1 heterocycles. The zero-order valence-electron chi connectivity index (χ0n) is 14.5. The van der Waals surface area contributed by atoms with Crippen molar-refractivity contribution in [2.24, 2.45) is 0 Å². The summed E-state index contributed by atoms with van der Waals surface area (Å²) in [6.07, 6.45) is 0.00143. The van der Waals surface area contributed by atoms with Crippen LogP contribution in [0.25, 0.3) is 0 Å².